The largest absolute Gasteiger partial charge is 0.480 e. The van der Waals surface area contributed by atoms with E-state index in [2.05, 4.69) is 5.10 Å². The van der Waals surface area contributed by atoms with E-state index < -0.39 is 5.97 Å². The zero-order valence-corrected chi connectivity index (χ0v) is 14.5. The van der Waals surface area contributed by atoms with E-state index in [9.17, 15) is 9.59 Å². The first-order valence-corrected chi connectivity index (χ1v) is 8.71. The van der Waals surface area contributed by atoms with Gasteiger partial charge < -0.3 is 10.0 Å². The third kappa shape index (κ3) is 4.39. The van der Waals surface area contributed by atoms with Crippen LogP contribution in [0.2, 0.25) is 5.02 Å². The van der Waals surface area contributed by atoms with Crippen LogP contribution in [0.3, 0.4) is 0 Å². The standard InChI is InChI=1S/C18H20ClN3O3/c19-14-7-5-13(6-8-14)11-21(12-17(23)24)18(25)16-9-10-22(20-16)15-3-1-2-4-15/h5-10,15H,1-4,11-12H2,(H,23,24). The van der Waals surface area contributed by atoms with E-state index in [1.54, 1.807) is 30.3 Å². The monoisotopic (exact) mass is 361 g/mol. The molecule has 1 amide bonds. The molecule has 1 aromatic carbocycles. The summed E-state index contributed by atoms with van der Waals surface area (Å²) in [6.07, 6.45) is 6.30. The van der Waals surface area contributed by atoms with Gasteiger partial charge in [0.2, 0.25) is 0 Å². The van der Waals surface area contributed by atoms with Crippen LogP contribution in [0, 0.1) is 0 Å². The molecular weight excluding hydrogens is 342 g/mol. The van der Waals surface area contributed by atoms with Crippen LogP contribution in [-0.2, 0) is 11.3 Å². The van der Waals surface area contributed by atoms with Crippen LogP contribution in [0.15, 0.2) is 36.5 Å². The molecule has 1 heterocycles. The summed E-state index contributed by atoms with van der Waals surface area (Å²) >= 11 is 5.87. The molecule has 0 spiro atoms. The van der Waals surface area contributed by atoms with Crippen LogP contribution in [0.4, 0.5) is 0 Å². The molecule has 6 nitrogen and oxygen atoms in total. The molecule has 1 aromatic heterocycles. The zero-order valence-electron chi connectivity index (χ0n) is 13.8. The summed E-state index contributed by atoms with van der Waals surface area (Å²) in [4.78, 5) is 25.2. The lowest BCUT2D eigenvalue weighted by molar-refractivity contribution is -0.137. The quantitative estimate of drug-likeness (QED) is 0.855. The van der Waals surface area contributed by atoms with Crippen LogP contribution in [0.5, 0.6) is 0 Å². The van der Waals surface area contributed by atoms with E-state index in [1.807, 2.05) is 10.9 Å². The molecule has 1 saturated carbocycles. The van der Waals surface area contributed by atoms with E-state index in [1.165, 1.54) is 17.7 Å². The summed E-state index contributed by atoms with van der Waals surface area (Å²) in [5.41, 5.74) is 1.09. The van der Waals surface area contributed by atoms with Gasteiger partial charge in [-0.3, -0.25) is 14.3 Å². The number of carboxylic acids is 1. The fourth-order valence-corrected chi connectivity index (χ4v) is 3.29. The lowest BCUT2D eigenvalue weighted by atomic mass is 10.2. The summed E-state index contributed by atoms with van der Waals surface area (Å²) in [6.45, 7) is -0.184. The SMILES string of the molecule is O=C(O)CN(Cc1ccc(Cl)cc1)C(=O)c1ccn(C2CCCC2)n1. The number of carbonyl (C=O) groups is 2. The molecule has 1 fully saturated rings. The normalized spacial score (nSPS) is 14.6. The molecule has 0 unspecified atom stereocenters. The highest BCUT2D eigenvalue weighted by atomic mass is 35.5. The minimum Gasteiger partial charge on any atom is -0.480 e. The maximum atomic E-state index is 12.7. The van der Waals surface area contributed by atoms with Crippen molar-refractivity contribution in [3.63, 3.8) is 0 Å². The Bertz CT molecular complexity index is 751. The maximum absolute atomic E-state index is 12.7. The van der Waals surface area contributed by atoms with E-state index in [4.69, 9.17) is 16.7 Å². The van der Waals surface area contributed by atoms with Crippen LogP contribution >= 0.6 is 11.6 Å². The lowest BCUT2D eigenvalue weighted by Crippen LogP contribution is -2.35. The van der Waals surface area contributed by atoms with Crippen molar-refractivity contribution in [2.45, 2.75) is 38.3 Å². The molecule has 1 aliphatic rings. The van der Waals surface area contributed by atoms with Crippen molar-refractivity contribution in [2.75, 3.05) is 6.54 Å². The third-order valence-electron chi connectivity index (χ3n) is 4.43. The number of halogens is 1. The van der Waals surface area contributed by atoms with Crippen LogP contribution < -0.4 is 0 Å². The number of rotatable bonds is 6. The fraction of sp³-hybridized carbons (Fsp3) is 0.389. The molecule has 0 aliphatic heterocycles. The van der Waals surface area contributed by atoms with Crippen molar-refractivity contribution in [3.05, 3.63) is 52.8 Å². The van der Waals surface area contributed by atoms with Crippen molar-refractivity contribution in [2.24, 2.45) is 0 Å². The third-order valence-corrected chi connectivity index (χ3v) is 4.68. The fourth-order valence-electron chi connectivity index (χ4n) is 3.16. The molecule has 132 valence electrons. The maximum Gasteiger partial charge on any atom is 0.323 e. The Morgan fingerprint density at radius 1 is 1.20 bits per heavy atom. The van der Waals surface area contributed by atoms with Crippen LogP contribution in [0.25, 0.3) is 0 Å². The van der Waals surface area contributed by atoms with Crippen LogP contribution in [0.1, 0.15) is 47.8 Å². The minimum absolute atomic E-state index is 0.193. The summed E-state index contributed by atoms with van der Waals surface area (Å²) in [7, 11) is 0. The second-order valence-corrected chi connectivity index (χ2v) is 6.74. The number of aromatic nitrogens is 2. The van der Waals surface area contributed by atoms with Gasteiger partial charge >= 0.3 is 5.97 Å². The number of carbonyl (C=O) groups excluding carboxylic acids is 1. The highest BCUT2D eigenvalue weighted by Gasteiger charge is 2.23. The van der Waals surface area contributed by atoms with Gasteiger partial charge in [-0.2, -0.15) is 5.10 Å². The van der Waals surface area contributed by atoms with Gasteiger partial charge in [-0.1, -0.05) is 36.6 Å². The van der Waals surface area contributed by atoms with Crippen molar-refractivity contribution in [1.82, 2.24) is 14.7 Å². The molecule has 0 radical (unpaired) electrons. The average molecular weight is 362 g/mol. The van der Waals surface area contributed by atoms with Gasteiger partial charge in [0.05, 0.1) is 6.04 Å². The van der Waals surface area contributed by atoms with E-state index in [0.717, 1.165) is 18.4 Å². The molecule has 1 aliphatic carbocycles. The van der Waals surface area contributed by atoms with Crippen molar-refractivity contribution < 1.29 is 14.7 Å². The molecule has 25 heavy (non-hydrogen) atoms. The number of nitrogens with zero attached hydrogens (tertiary/aromatic N) is 3. The van der Waals surface area contributed by atoms with Gasteiger partial charge in [0.25, 0.3) is 5.91 Å². The smallest absolute Gasteiger partial charge is 0.323 e. The van der Waals surface area contributed by atoms with E-state index >= 15 is 0 Å². The molecule has 0 atom stereocenters. The molecule has 3 rings (SSSR count). The van der Waals surface area contributed by atoms with Crippen molar-refractivity contribution in [3.8, 4) is 0 Å². The predicted octanol–water partition coefficient (Wildman–Crippen LogP) is 3.38. The first kappa shape index (κ1) is 17.5. The number of hydrogen-bond donors (Lipinski definition) is 1. The number of hydrogen-bond acceptors (Lipinski definition) is 3. The summed E-state index contributed by atoms with van der Waals surface area (Å²) in [5, 5.41) is 14.1. The van der Waals surface area contributed by atoms with E-state index in [0.29, 0.717) is 11.1 Å². The van der Waals surface area contributed by atoms with Gasteiger partial charge in [-0.25, -0.2) is 0 Å². The van der Waals surface area contributed by atoms with Crippen LogP contribution in [-0.4, -0.2) is 38.2 Å². The van der Waals surface area contributed by atoms with Gasteiger partial charge in [0.15, 0.2) is 0 Å². The van der Waals surface area contributed by atoms with Crippen molar-refractivity contribution in [1.29, 1.82) is 0 Å². The average Bonchev–Trinajstić information content (AvgIpc) is 3.26. The highest BCUT2D eigenvalue weighted by molar-refractivity contribution is 6.30. The van der Waals surface area contributed by atoms with E-state index in [-0.39, 0.29) is 24.7 Å². The van der Waals surface area contributed by atoms with Gasteiger partial charge in [-0.15, -0.1) is 0 Å². The molecule has 7 heteroatoms. The summed E-state index contributed by atoms with van der Waals surface area (Å²) in [5.74, 6) is -1.44. The molecule has 1 N–H and O–H groups in total. The number of aliphatic carboxylic acids is 1. The number of amides is 1. The molecular formula is C18H20ClN3O3. The minimum atomic E-state index is -1.06. The first-order chi connectivity index (χ1) is 12.0. The topological polar surface area (TPSA) is 75.4 Å². The second kappa shape index (κ2) is 7.70. The Kier molecular flexibility index (Phi) is 5.38. The predicted molar refractivity (Wildman–Crippen MR) is 93.6 cm³/mol. The molecule has 0 bridgehead atoms. The summed E-state index contributed by atoms with van der Waals surface area (Å²) < 4.78 is 1.83. The number of carboxylic acid groups (broad SMARTS) is 1. The van der Waals surface area contributed by atoms with Gasteiger partial charge in [0.1, 0.15) is 12.2 Å². The molecule has 0 saturated heterocycles. The Morgan fingerprint density at radius 2 is 1.88 bits per heavy atom. The lowest BCUT2D eigenvalue weighted by Gasteiger charge is -2.20. The zero-order chi connectivity index (χ0) is 17.8. The Labute approximate surface area is 151 Å². The second-order valence-electron chi connectivity index (χ2n) is 6.30. The Morgan fingerprint density at radius 3 is 2.52 bits per heavy atom. The summed E-state index contributed by atoms with van der Waals surface area (Å²) in [6, 6.07) is 9.00. The first-order valence-electron chi connectivity index (χ1n) is 8.33. The van der Waals surface area contributed by atoms with Crippen molar-refractivity contribution >= 4 is 23.5 Å². The highest BCUT2D eigenvalue weighted by Crippen LogP contribution is 2.28. The molecule has 2 aromatic rings. The number of benzene rings is 1. The Hall–Kier alpha value is -2.34. The Balaban J connectivity index is 1.76. The van der Waals surface area contributed by atoms with Gasteiger partial charge in [-0.05, 0) is 36.6 Å². The van der Waals surface area contributed by atoms with Gasteiger partial charge in [0, 0.05) is 17.8 Å².